The van der Waals surface area contributed by atoms with Gasteiger partial charge in [0, 0.05) is 56.1 Å². The largest absolute Gasteiger partial charge is 0.369 e. The van der Waals surface area contributed by atoms with E-state index in [9.17, 15) is 4.79 Å². The van der Waals surface area contributed by atoms with Gasteiger partial charge in [0.25, 0.3) is 5.91 Å². The highest BCUT2D eigenvalue weighted by Gasteiger charge is 2.09. The average Bonchev–Trinajstić information content (AvgIpc) is 3.23. The molecule has 9 heteroatoms. The molecule has 0 bridgehead atoms. The number of benzene rings is 2. The Kier molecular flexibility index (Phi) is 9.37. The van der Waals surface area contributed by atoms with Crippen molar-refractivity contribution in [2.75, 3.05) is 36.3 Å². The fourth-order valence-electron chi connectivity index (χ4n) is 3.33. The molecule has 1 heterocycles. The van der Waals surface area contributed by atoms with Crippen molar-refractivity contribution in [3.63, 3.8) is 0 Å². The topological polar surface area (TPSA) is 93.3 Å². The summed E-state index contributed by atoms with van der Waals surface area (Å²) < 4.78 is 0. The molecule has 0 unspecified atom stereocenters. The van der Waals surface area contributed by atoms with Gasteiger partial charge in [0.2, 0.25) is 0 Å². The molecule has 1 aromatic heterocycles. The summed E-state index contributed by atoms with van der Waals surface area (Å²) in [5.74, 6) is 1.48. The quantitative estimate of drug-likeness (QED) is 0.105. The first-order valence-electron chi connectivity index (χ1n) is 10.4. The lowest BCUT2D eigenvalue weighted by Gasteiger charge is -2.22. The standard InChI is InChI=1S/C23H27Cl2N5O2/c24-10-13-30(14-11-25)19-6-7-20-21(15-19)28-22(27-20)9-12-26-16-18-3-1-17(2-4-18)5-8-23(31)29-32/h1-8,15,26,32H,9-14,16H2,(H,27,28)(H,29,31)/b8-5+. The summed E-state index contributed by atoms with van der Waals surface area (Å²) in [6, 6.07) is 14.0. The van der Waals surface area contributed by atoms with E-state index in [4.69, 9.17) is 28.4 Å². The number of aromatic nitrogens is 2. The van der Waals surface area contributed by atoms with Crippen LogP contribution in [-0.4, -0.2) is 52.5 Å². The highest BCUT2D eigenvalue weighted by Crippen LogP contribution is 2.21. The Bertz CT molecular complexity index is 1030. The number of nitrogens with zero attached hydrogens (tertiary/aromatic N) is 2. The minimum absolute atomic E-state index is 0.551. The number of rotatable bonds is 12. The lowest BCUT2D eigenvalue weighted by atomic mass is 10.1. The molecule has 7 nitrogen and oxygen atoms in total. The molecule has 0 saturated heterocycles. The normalized spacial score (nSPS) is 11.3. The molecule has 3 rings (SSSR count). The number of nitrogens with one attached hydrogen (secondary N) is 3. The molecule has 0 fully saturated rings. The number of alkyl halides is 2. The van der Waals surface area contributed by atoms with Crippen LogP contribution in [0.3, 0.4) is 0 Å². The molecule has 170 valence electrons. The first-order valence-corrected chi connectivity index (χ1v) is 11.5. The number of carbonyl (C=O) groups excluding carboxylic acids is 1. The number of amides is 1. The Labute approximate surface area is 197 Å². The second kappa shape index (κ2) is 12.5. The highest BCUT2D eigenvalue weighted by molar-refractivity contribution is 6.18. The number of H-pyrrole nitrogens is 1. The number of carbonyl (C=O) groups is 1. The van der Waals surface area contributed by atoms with Gasteiger partial charge >= 0.3 is 0 Å². The van der Waals surface area contributed by atoms with Gasteiger partial charge in [0.15, 0.2) is 0 Å². The maximum atomic E-state index is 11.0. The number of aromatic amines is 1. The zero-order chi connectivity index (χ0) is 22.8. The third-order valence-electron chi connectivity index (χ3n) is 4.97. The van der Waals surface area contributed by atoms with Crippen molar-refractivity contribution in [3.8, 4) is 0 Å². The summed E-state index contributed by atoms with van der Waals surface area (Å²) in [5, 5.41) is 11.9. The molecule has 0 saturated carbocycles. The van der Waals surface area contributed by atoms with Crippen LogP contribution in [0.2, 0.25) is 0 Å². The monoisotopic (exact) mass is 475 g/mol. The number of hydrogen-bond acceptors (Lipinski definition) is 5. The van der Waals surface area contributed by atoms with E-state index in [-0.39, 0.29) is 0 Å². The molecular weight excluding hydrogens is 449 g/mol. The van der Waals surface area contributed by atoms with Gasteiger partial charge in [0.1, 0.15) is 5.82 Å². The number of imidazole rings is 1. The van der Waals surface area contributed by atoms with Gasteiger partial charge in [-0.15, -0.1) is 23.2 Å². The molecule has 0 aliphatic carbocycles. The maximum absolute atomic E-state index is 11.0. The second-order valence-corrected chi connectivity index (χ2v) is 7.98. The third-order valence-corrected chi connectivity index (χ3v) is 5.31. The summed E-state index contributed by atoms with van der Waals surface area (Å²) in [5.41, 5.74) is 6.62. The number of hydroxylamine groups is 1. The van der Waals surface area contributed by atoms with E-state index in [0.717, 1.165) is 66.3 Å². The predicted octanol–water partition coefficient (Wildman–Crippen LogP) is 3.70. The van der Waals surface area contributed by atoms with Crippen LogP contribution in [0.5, 0.6) is 0 Å². The molecule has 0 spiro atoms. The number of halogens is 2. The molecule has 0 atom stereocenters. The smallest absolute Gasteiger partial charge is 0.267 e. The van der Waals surface area contributed by atoms with Crippen molar-refractivity contribution in [2.24, 2.45) is 0 Å². The third kappa shape index (κ3) is 6.97. The average molecular weight is 476 g/mol. The summed E-state index contributed by atoms with van der Waals surface area (Å²) in [4.78, 5) is 21.3. The lowest BCUT2D eigenvalue weighted by molar-refractivity contribution is -0.124. The van der Waals surface area contributed by atoms with E-state index >= 15 is 0 Å². The van der Waals surface area contributed by atoms with Crippen molar-refractivity contribution in [3.05, 3.63) is 65.5 Å². The van der Waals surface area contributed by atoms with E-state index in [1.54, 1.807) is 11.6 Å². The summed E-state index contributed by atoms with van der Waals surface area (Å²) >= 11 is 11.8. The van der Waals surface area contributed by atoms with Gasteiger partial charge in [-0.3, -0.25) is 10.0 Å². The van der Waals surface area contributed by atoms with Crippen LogP contribution in [-0.2, 0) is 17.8 Å². The molecular formula is C23H27Cl2N5O2. The Balaban J connectivity index is 1.51. The van der Waals surface area contributed by atoms with Crippen LogP contribution in [0.4, 0.5) is 5.69 Å². The molecule has 1 amide bonds. The van der Waals surface area contributed by atoms with Crippen LogP contribution >= 0.6 is 23.2 Å². The first-order chi connectivity index (χ1) is 15.6. The van der Waals surface area contributed by atoms with Crippen molar-refractivity contribution in [2.45, 2.75) is 13.0 Å². The molecule has 2 aromatic carbocycles. The fourth-order valence-corrected chi connectivity index (χ4v) is 3.74. The summed E-state index contributed by atoms with van der Waals surface area (Å²) in [6.07, 6.45) is 3.70. The summed E-state index contributed by atoms with van der Waals surface area (Å²) in [7, 11) is 0. The minimum atomic E-state index is -0.555. The zero-order valence-electron chi connectivity index (χ0n) is 17.7. The van der Waals surface area contributed by atoms with Crippen LogP contribution in [0, 0.1) is 0 Å². The van der Waals surface area contributed by atoms with E-state index in [1.807, 2.05) is 30.3 Å². The number of hydrogen-bond donors (Lipinski definition) is 4. The fraction of sp³-hybridized carbons (Fsp3) is 0.304. The van der Waals surface area contributed by atoms with Crippen molar-refractivity contribution >= 4 is 51.9 Å². The van der Waals surface area contributed by atoms with Crippen molar-refractivity contribution in [1.82, 2.24) is 20.8 Å². The highest BCUT2D eigenvalue weighted by atomic mass is 35.5. The van der Waals surface area contributed by atoms with Gasteiger partial charge < -0.3 is 15.2 Å². The van der Waals surface area contributed by atoms with Gasteiger partial charge in [0.05, 0.1) is 11.0 Å². The molecule has 0 aliphatic heterocycles. The minimum Gasteiger partial charge on any atom is -0.369 e. The van der Waals surface area contributed by atoms with Gasteiger partial charge in [-0.2, -0.15) is 0 Å². The van der Waals surface area contributed by atoms with E-state index in [2.05, 4.69) is 32.3 Å². The zero-order valence-corrected chi connectivity index (χ0v) is 19.2. The predicted molar refractivity (Wildman–Crippen MR) is 131 cm³/mol. The SMILES string of the molecule is O=C(/C=C/c1ccc(CNCCc2nc3ccc(N(CCCl)CCCl)cc3[nH]2)cc1)NO. The van der Waals surface area contributed by atoms with Gasteiger partial charge in [-0.25, -0.2) is 10.5 Å². The Morgan fingerprint density at radius 2 is 1.88 bits per heavy atom. The van der Waals surface area contributed by atoms with Crippen LogP contribution in [0.25, 0.3) is 17.1 Å². The van der Waals surface area contributed by atoms with E-state index in [1.165, 1.54) is 6.08 Å². The van der Waals surface area contributed by atoms with Crippen LogP contribution in [0.1, 0.15) is 17.0 Å². The number of anilines is 1. The Hall–Kier alpha value is -2.58. The lowest BCUT2D eigenvalue weighted by Crippen LogP contribution is -2.27. The Morgan fingerprint density at radius 3 is 2.56 bits per heavy atom. The second-order valence-electron chi connectivity index (χ2n) is 7.23. The van der Waals surface area contributed by atoms with E-state index in [0.29, 0.717) is 11.8 Å². The van der Waals surface area contributed by atoms with E-state index < -0.39 is 5.91 Å². The maximum Gasteiger partial charge on any atom is 0.267 e. The number of fused-ring (bicyclic) bond motifs is 1. The Morgan fingerprint density at radius 1 is 1.12 bits per heavy atom. The van der Waals surface area contributed by atoms with Crippen LogP contribution < -0.4 is 15.7 Å². The van der Waals surface area contributed by atoms with Crippen molar-refractivity contribution in [1.29, 1.82) is 0 Å². The van der Waals surface area contributed by atoms with Gasteiger partial charge in [-0.05, 0) is 35.4 Å². The first kappa shape index (κ1) is 24.1. The molecule has 0 radical (unpaired) electrons. The molecule has 0 aliphatic rings. The summed E-state index contributed by atoms with van der Waals surface area (Å²) in [6.45, 7) is 3.02. The van der Waals surface area contributed by atoms with Gasteiger partial charge in [-0.1, -0.05) is 24.3 Å². The molecule has 3 aromatic rings. The molecule has 32 heavy (non-hydrogen) atoms. The van der Waals surface area contributed by atoms with Crippen LogP contribution in [0.15, 0.2) is 48.5 Å². The van der Waals surface area contributed by atoms with Crippen molar-refractivity contribution < 1.29 is 10.0 Å². The molecule has 4 N–H and O–H groups in total.